The fraction of sp³-hybridized carbons (Fsp3) is 0.261. The Morgan fingerprint density at radius 1 is 1.10 bits per heavy atom. The highest BCUT2D eigenvalue weighted by Crippen LogP contribution is 2.35. The zero-order valence-corrected chi connectivity index (χ0v) is 17.3. The van der Waals surface area contributed by atoms with Crippen LogP contribution >= 0.6 is 0 Å². The number of aryl methyl sites for hydroxylation is 4. The van der Waals surface area contributed by atoms with Gasteiger partial charge in [-0.1, -0.05) is 23.8 Å². The number of oxazole rings is 1. The monoisotopic (exact) mass is 388 g/mol. The normalized spacial score (nSPS) is 11.2. The summed E-state index contributed by atoms with van der Waals surface area (Å²) in [4.78, 5) is 21.5. The topological polar surface area (TPSA) is 73.0 Å². The minimum Gasteiger partial charge on any atom is -0.437 e. The van der Waals surface area contributed by atoms with E-state index in [1.54, 1.807) is 7.05 Å². The summed E-state index contributed by atoms with van der Waals surface area (Å²) in [5.74, 6) is 1.82. The molecule has 148 valence electrons. The van der Waals surface area contributed by atoms with Crippen molar-refractivity contribution in [2.75, 3.05) is 7.05 Å². The van der Waals surface area contributed by atoms with Crippen molar-refractivity contribution in [2.24, 2.45) is 0 Å². The van der Waals surface area contributed by atoms with Gasteiger partial charge in [-0.3, -0.25) is 4.79 Å². The van der Waals surface area contributed by atoms with Gasteiger partial charge in [0.2, 0.25) is 0 Å². The Kier molecular flexibility index (Phi) is 4.70. The van der Waals surface area contributed by atoms with Crippen LogP contribution in [0.25, 0.3) is 33.9 Å². The Labute approximate surface area is 169 Å². The van der Waals surface area contributed by atoms with E-state index in [2.05, 4.69) is 53.8 Å². The van der Waals surface area contributed by atoms with Gasteiger partial charge in [0.25, 0.3) is 5.91 Å². The predicted octanol–water partition coefficient (Wildman–Crippen LogP) is 4.66. The van der Waals surface area contributed by atoms with Crippen molar-refractivity contribution in [2.45, 2.75) is 34.2 Å². The van der Waals surface area contributed by atoms with Crippen molar-refractivity contribution in [3.05, 3.63) is 59.0 Å². The number of amides is 1. The number of nitrogens with one attached hydrogen (secondary N) is 1. The molecule has 0 unspecified atom stereocenters. The molecule has 1 N–H and O–H groups in total. The maximum Gasteiger partial charge on any atom is 0.251 e. The molecule has 2 heterocycles. The van der Waals surface area contributed by atoms with Gasteiger partial charge in [-0.15, -0.1) is 0 Å². The van der Waals surface area contributed by atoms with Crippen molar-refractivity contribution >= 4 is 16.9 Å². The third-order valence-electron chi connectivity index (χ3n) is 5.13. The quantitative estimate of drug-likeness (QED) is 0.552. The molecular weight excluding hydrogens is 364 g/mol. The van der Waals surface area contributed by atoms with Gasteiger partial charge in [-0.25, -0.2) is 9.97 Å². The lowest BCUT2D eigenvalue weighted by atomic mass is 10.0. The number of carbonyl (C=O) groups is 1. The number of fused-ring (bicyclic) bond motifs is 1. The third-order valence-corrected chi connectivity index (χ3v) is 5.13. The molecule has 1 amide bonds. The first kappa shape index (κ1) is 18.9. The number of nitrogens with zero attached hydrogens (tertiary/aromatic N) is 3. The first-order valence-corrected chi connectivity index (χ1v) is 9.70. The lowest BCUT2D eigenvalue weighted by Crippen LogP contribution is -2.17. The Bertz CT molecular complexity index is 1230. The zero-order valence-electron chi connectivity index (χ0n) is 17.3. The first-order valence-electron chi connectivity index (χ1n) is 9.70. The minimum absolute atomic E-state index is 0.133. The van der Waals surface area contributed by atoms with Crippen molar-refractivity contribution in [1.29, 1.82) is 0 Å². The number of carbonyl (C=O) groups excluding carboxylic acids is 1. The molecule has 4 rings (SSSR count). The van der Waals surface area contributed by atoms with Gasteiger partial charge in [0.15, 0.2) is 17.5 Å². The van der Waals surface area contributed by atoms with E-state index >= 15 is 0 Å². The van der Waals surface area contributed by atoms with Gasteiger partial charge in [-0.2, -0.15) is 0 Å². The van der Waals surface area contributed by atoms with E-state index in [0.29, 0.717) is 23.0 Å². The van der Waals surface area contributed by atoms with Gasteiger partial charge in [0.05, 0.1) is 11.0 Å². The Morgan fingerprint density at radius 2 is 1.90 bits per heavy atom. The smallest absolute Gasteiger partial charge is 0.251 e. The van der Waals surface area contributed by atoms with Crippen molar-refractivity contribution < 1.29 is 9.21 Å². The van der Waals surface area contributed by atoms with Crippen LogP contribution < -0.4 is 5.32 Å². The molecule has 0 atom stereocenters. The number of imidazole rings is 1. The minimum atomic E-state index is -0.133. The number of hydrogen-bond acceptors (Lipinski definition) is 4. The number of hydrogen-bond donors (Lipinski definition) is 1. The van der Waals surface area contributed by atoms with Gasteiger partial charge >= 0.3 is 0 Å². The second-order valence-electron chi connectivity index (χ2n) is 7.19. The van der Waals surface area contributed by atoms with Crippen LogP contribution in [0.3, 0.4) is 0 Å². The molecule has 2 aromatic heterocycles. The van der Waals surface area contributed by atoms with Gasteiger partial charge in [0.1, 0.15) is 5.69 Å². The van der Waals surface area contributed by atoms with Gasteiger partial charge in [-0.05, 0) is 44.5 Å². The van der Waals surface area contributed by atoms with E-state index in [1.807, 2.05) is 25.1 Å². The molecule has 29 heavy (non-hydrogen) atoms. The van der Waals surface area contributed by atoms with Crippen LogP contribution in [0, 0.1) is 20.8 Å². The summed E-state index contributed by atoms with van der Waals surface area (Å²) >= 11 is 0. The van der Waals surface area contributed by atoms with Crippen molar-refractivity contribution in [3.63, 3.8) is 0 Å². The van der Waals surface area contributed by atoms with E-state index in [-0.39, 0.29) is 5.91 Å². The molecule has 0 saturated carbocycles. The summed E-state index contributed by atoms with van der Waals surface area (Å²) in [5.41, 5.74) is 6.45. The number of benzene rings is 2. The molecule has 0 aliphatic rings. The lowest BCUT2D eigenvalue weighted by Gasteiger charge is -2.08. The summed E-state index contributed by atoms with van der Waals surface area (Å²) in [5, 5.41) is 2.66. The molecule has 2 aromatic carbocycles. The molecule has 0 aliphatic heterocycles. The Morgan fingerprint density at radius 3 is 2.59 bits per heavy atom. The fourth-order valence-corrected chi connectivity index (χ4v) is 3.75. The maximum absolute atomic E-state index is 12.0. The number of aromatic nitrogens is 3. The summed E-state index contributed by atoms with van der Waals surface area (Å²) in [6.07, 6.45) is 0. The largest absolute Gasteiger partial charge is 0.437 e. The van der Waals surface area contributed by atoms with Crippen LogP contribution in [0.5, 0.6) is 0 Å². The lowest BCUT2D eigenvalue weighted by molar-refractivity contribution is 0.0963. The van der Waals surface area contributed by atoms with Crippen LogP contribution in [-0.2, 0) is 6.54 Å². The standard InChI is InChI=1S/C23H24N4O2/c1-6-27-19-10-8-16(23(28)24-5)12-18(19)26-22(27)21-20(25-15(4)29-21)17-9-7-13(2)11-14(17)3/h7-12H,6H2,1-5H3,(H,24,28). The van der Waals surface area contributed by atoms with Gasteiger partial charge in [0, 0.05) is 31.6 Å². The van der Waals surface area contributed by atoms with Crippen LogP contribution in [0.4, 0.5) is 0 Å². The van der Waals surface area contributed by atoms with Crippen LogP contribution in [-0.4, -0.2) is 27.5 Å². The SMILES string of the molecule is CCn1c(-c2oc(C)nc2-c2ccc(C)cc2C)nc2cc(C(=O)NC)ccc21. The van der Waals surface area contributed by atoms with Crippen molar-refractivity contribution in [1.82, 2.24) is 19.9 Å². The Hall–Kier alpha value is -3.41. The van der Waals surface area contributed by atoms with E-state index in [1.165, 1.54) is 5.56 Å². The molecule has 0 spiro atoms. The summed E-state index contributed by atoms with van der Waals surface area (Å²) in [6, 6.07) is 11.9. The third kappa shape index (κ3) is 3.20. The molecular formula is C23H24N4O2. The molecule has 0 radical (unpaired) electrons. The van der Waals surface area contributed by atoms with Crippen LogP contribution in [0.1, 0.15) is 34.3 Å². The summed E-state index contributed by atoms with van der Waals surface area (Å²) < 4.78 is 8.13. The molecule has 4 aromatic rings. The molecule has 0 aliphatic carbocycles. The summed E-state index contributed by atoms with van der Waals surface area (Å²) in [6.45, 7) is 8.79. The molecule has 0 fully saturated rings. The second-order valence-corrected chi connectivity index (χ2v) is 7.19. The fourth-order valence-electron chi connectivity index (χ4n) is 3.75. The highest BCUT2D eigenvalue weighted by molar-refractivity contribution is 5.97. The highest BCUT2D eigenvalue weighted by atomic mass is 16.4. The van der Waals surface area contributed by atoms with Crippen LogP contribution in [0.15, 0.2) is 40.8 Å². The van der Waals surface area contributed by atoms with Crippen molar-refractivity contribution in [3.8, 4) is 22.8 Å². The summed E-state index contributed by atoms with van der Waals surface area (Å²) in [7, 11) is 1.62. The molecule has 6 nitrogen and oxygen atoms in total. The van der Waals surface area contributed by atoms with E-state index < -0.39 is 0 Å². The predicted molar refractivity (Wildman–Crippen MR) is 114 cm³/mol. The molecule has 6 heteroatoms. The van der Waals surface area contributed by atoms with E-state index in [9.17, 15) is 4.79 Å². The van der Waals surface area contributed by atoms with Gasteiger partial charge < -0.3 is 14.3 Å². The molecule has 0 bridgehead atoms. The average molecular weight is 388 g/mol. The molecule has 0 saturated heterocycles. The average Bonchev–Trinajstić information content (AvgIpc) is 3.26. The van der Waals surface area contributed by atoms with E-state index in [4.69, 9.17) is 9.40 Å². The first-order chi connectivity index (χ1) is 13.9. The maximum atomic E-state index is 12.0. The zero-order chi connectivity index (χ0) is 20.7. The highest BCUT2D eigenvalue weighted by Gasteiger charge is 2.23. The van der Waals surface area contributed by atoms with E-state index in [0.717, 1.165) is 34.4 Å². The Balaban J connectivity index is 1.94. The second kappa shape index (κ2) is 7.20. The number of rotatable bonds is 4. The van der Waals surface area contributed by atoms with Crippen LogP contribution in [0.2, 0.25) is 0 Å².